The number of hydrogen-bond donors (Lipinski definition) is 2. The second-order valence-electron chi connectivity index (χ2n) is 6.33. The molecule has 2 N–H and O–H groups in total. The molecule has 148 valence electrons. The van der Waals surface area contributed by atoms with Crippen molar-refractivity contribution in [2.24, 2.45) is 0 Å². The Morgan fingerprint density at radius 3 is 2.38 bits per heavy atom. The number of amides is 1. The number of halogens is 1. The molecule has 0 aliphatic carbocycles. The van der Waals surface area contributed by atoms with Gasteiger partial charge in [0.25, 0.3) is 5.91 Å². The van der Waals surface area contributed by atoms with Crippen molar-refractivity contribution in [1.82, 2.24) is 5.32 Å². The topological polar surface area (TPSA) is 75.6 Å². The Kier molecular flexibility index (Phi) is 6.52. The Labute approximate surface area is 173 Å². The third-order valence-electron chi connectivity index (χ3n) is 4.35. The van der Waals surface area contributed by atoms with Crippen molar-refractivity contribution in [2.45, 2.75) is 13.5 Å². The van der Waals surface area contributed by atoms with E-state index in [1.165, 1.54) is 0 Å². The number of carboxylic acids is 1. The van der Waals surface area contributed by atoms with Gasteiger partial charge in [0, 0.05) is 22.7 Å². The molecule has 0 fully saturated rings. The van der Waals surface area contributed by atoms with Crippen LogP contribution in [-0.2, 0) is 6.54 Å². The molecule has 29 heavy (non-hydrogen) atoms. The zero-order chi connectivity index (χ0) is 20.8. The average molecular weight is 410 g/mol. The summed E-state index contributed by atoms with van der Waals surface area (Å²) in [5.41, 5.74) is 3.14. The van der Waals surface area contributed by atoms with E-state index in [2.05, 4.69) is 5.32 Å². The molecule has 3 aromatic rings. The largest absolute Gasteiger partial charge is 0.494 e. The molecule has 5 nitrogen and oxygen atoms in total. The summed E-state index contributed by atoms with van der Waals surface area (Å²) in [4.78, 5) is 23.7. The minimum atomic E-state index is -0.978. The number of rotatable bonds is 7. The summed E-state index contributed by atoms with van der Waals surface area (Å²) >= 11 is 5.87. The van der Waals surface area contributed by atoms with Crippen molar-refractivity contribution in [3.63, 3.8) is 0 Å². The lowest BCUT2D eigenvalue weighted by Crippen LogP contribution is -2.23. The average Bonchev–Trinajstić information content (AvgIpc) is 2.73. The lowest BCUT2D eigenvalue weighted by Gasteiger charge is -2.14. The maximum Gasteiger partial charge on any atom is 0.335 e. The molecule has 0 saturated carbocycles. The highest BCUT2D eigenvalue weighted by molar-refractivity contribution is 6.30. The molecular weight excluding hydrogens is 390 g/mol. The van der Waals surface area contributed by atoms with Crippen LogP contribution in [0.5, 0.6) is 5.75 Å². The first kappa shape index (κ1) is 20.4. The highest BCUT2D eigenvalue weighted by atomic mass is 35.5. The van der Waals surface area contributed by atoms with E-state index in [-0.39, 0.29) is 18.0 Å². The van der Waals surface area contributed by atoms with Crippen molar-refractivity contribution < 1.29 is 19.4 Å². The summed E-state index contributed by atoms with van der Waals surface area (Å²) in [5, 5.41) is 12.7. The van der Waals surface area contributed by atoms with E-state index in [0.717, 1.165) is 16.7 Å². The van der Waals surface area contributed by atoms with Crippen LogP contribution in [0.25, 0.3) is 11.1 Å². The number of aromatic carboxylic acids is 1. The minimum absolute atomic E-state index is 0.217. The fraction of sp³-hybridized carbons (Fsp3) is 0.130. The highest BCUT2D eigenvalue weighted by Crippen LogP contribution is 2.28. The molecule has 0 radical (unpaired) electrons. The first-order valence-corrected chi connectivity index (χ1v) is 9.49. The van der Waals surface area contributed by atoms with Crippen molar-refractivity contribution >= 4 is 23.5 Å². The van der Waals surface area contributed by atoms with Gasteiger partial charge in [-0.15, -0.1) is 0 Å². The summed E-state index contributed by atoms with van der Waals surface area (Å²) in [7, 11) is 0. The quantitative estimate of drug-likeness (QED) is 0.573. The van der Waals surface area contributed by atoms with E-state index in [1.807, 2.05) is 31.2 Å². The normalized spacial score (nSPS) is 10.4. The molecule has 0 bridgehead atoms. The van der Waals surface area contributed by atoms with Gasteiger partial charge in [-0.2, -0.15) is 0 Å². The molecule has 0 aliphatic rings. The van der Waals surface area contributed by atoms with Gasteiger partial charge in [-0.3, -0.25) is 4.79 Å². The maximum atomic E-state index is 12.4. The summed E-state index contributed by atoms with van der Waals surface area (Å²) in [6, 6.07) is 19.0. The van der Waals surface area contributed by atoms with Gasteiger partial charge >= 0.3 is 5.97 Å². The number of hydrogen-bond acceptors (Lipinski definition) is 3. The van der Waals surface area contributed by atoms with E-state index in [1.54, 1.807) is 42.5 Å². The second kappa shape index (κ2) is 9.26. The second-order valence-corrected chi connectivity index (χ2v) is 6.77. The molecular formula is C23H20ClNO4. The van der Waals surface area contributed by atoms with Crippen LogP contribution >= 0.6 is 11.6 Å². The first-order valence-electron chi connectivity index (χ1n) is 9.11. The van der Waals surface area contributed by atoms with Crippen LogP contribution in [0.3, 0.4) is 0 Å². The van der Waals surface area contributed by atoms with Crippen LogP contribution in [0.15, 0.2) is 66.7 Å². The molecule has 3 rings (SSSR count). The number of carbonyl (C=O) groups is 2. The van der Waals surface area contributed by atoms with Gasteiger partial charge in [0.2, 0.25) is 0 Å². The number of nitrogens with one attached hydrogen (secondary N) is 1. The monoisotopic (exact) mass is 409 g/mol. The third-order valence-corrected chi connectivity index (χ3v) is 4.60. The zero-order valence-corrected chi connectivity index (χ0v) is 16.6. The summed E-state index contributed by atoms with van der Waals surface area (Å²) < 4.78 is 5.68. The Morgan fingerprint density at radius 2 is 1.69 bits per heavy atom. The molecule has 0 aliphatic heterocycles. The van der Waals surface area contributed by atoms with Crippen molar-refractivity contribution in [1.29, 1.82) is 0 Å². The minimum Gasteiger partial charge on any atom is -0.494 e. The molecule has 0 atom stereocenters. The smallest absolute Gasteiger partial charge is 0.335 e. The molecule has 3 aromatic carbocycles. The Hall–Kier alpha value is -3.31. The molecule has 1 amide bonds. The summed E-state index contributed by atoms with van der Waals surface area (Å²) in [6.07, 6.45) is 0. The van der Waals surface area contributed by atoms with E-state index in [9.17, 15) is 14.7 Å². The predicted molar refractivity (Wildman–Crippen MR) is 113 cm³/mol. The fourth-order valence-electron chi connectivity index (χ4n) is 2.90. The number of benzene rings is 3. The lowest BCUT2D eigenvalue weighted by atomic mass is 10.0. The van der Waals surface area contributed by atoms with Crippen LogP contribution in [0.2, 0.25) is 5.02 Å². The number of ether oxygens (including phenoxy) is 1. The Bertz CT molecular complexity index is 1030. The zero-order valence-electron chi connectivity index (χ0n) is 15.8. The maximum absolute atomic E-state index is 12.4. The molecule has 0 unspecified atom stereocenters. The molecule has 0 aromatic heterocycles. The summed E-state index contributed by atoms with van der Waals surface area (Å²) in [6.45, 7) is 2.65. The third kappa shape index (κ3) is 5.15. The van der Waals surface area contributed by atoms with Gasteiger partial charge in [0.05, 0.1) is 12.2 Å². The van der Waals surface area contributed by atoms with Crippen molar-refractivity contribution in [2.75, 3.05) is 6.61 Å². The van der Waals surface area contributed by atoms with Crippen LogP contribution in [-0.4, -0.2) is 23.6 Å². The van der Waals surface area contributed by atoms with Crippen molar-refractivity contribution in [3.8, 4) is 16.9 Å². The van der Waals surface area contributed by atoms with Gasteiger partial charge in [0.15, 0.2) is 0 Å². The Morgan fingerprint density at radius 1 is 0.966 bits per heavy atom. The lowest BCUT2D eigenvalue weighted by molar-refractivity contribution is 0.0696. The van der Waals surface area contributed by atoms with Crippen LogP contribution in [0.4, 0.5) is 0 Å². The van der Waals surface area contributed by atoms with Gasteiger partial charge in [0.1, 0.15) is 5.75 Å². The van der Waals surface area contributed by atoms with Gasteiger partial charge in [-0.05, 0) is 66.6 Å². The van der Waals surface area contributed by atoms with Crippen LogP contribution < -0.4 is 10.1 Å². The van der Waals surface area contributed by atoms with E-state index in [0.29, 0.717) is 22.9 Å². The standard InChI is InChI=1S/C23H20ClNO4/c1-2-29-21-11-8-17(16-4-3-5-18(12-16)23(27)28)13-19(21)14-25-22(26)15-6-9-20(24)10-7-15/h3-13H,2,14H2,1H3,(H,25,26)(H,27,28). The first-order chi connectivity index (χ1) is 14.0. The molecule has 0 spiro atoms. The van der Waals surface area contributed by atoms with Crippen LogP contribution in [0, 0.1) is 0 Å². The predicted octanol–water partition coefficient (Wildman–Crippen LogP) is 5.03. The van der Waals surface area contributed by atoms with E-state index in [4.69, 9.17) is 16.3 Å². The van der Waals surface area contributed by atoms with Gasteiger partial charge in [-0.25, -0.2) is 4.79 Å². The number of carboxylic acid groups (broad SMARTS) is 1. The fourth-order valence-corrected chi connectivity index (χ4v) is 3.03. The highest BCUT2D eigenvalue weighted by Gasteiger charge is 2.11. The summed E-state index contributed by atoms with van der Waals surface area (Å²) in [5.74, 6) is -0.530. The molecule has 0 saturated heterocycles. The van der Waals surface area contributed by atoms with Crippen LogP contribution in [0.1, 0.15) is 33.2 Å². The molecule has 0 heterocycles. The van der Waals surface area contributed by atoms with Gasteiger partial charge in [-0.1, -0.05) is 29.8 Å². The number of carbonyl (C=O) groups excluding carboxylic acids is 1. The Balaban J connectivity index is 1.85. The van der Waals surface area contributed by atoms with E-state index < -0.39 is 5.97 Å². The van der Waals surface area contributed by atoms with Crippen molar-refractivity contribution in [3.05, 3.63) is 88.4 Å². The van der Waals surface area contributed by atoms with Gasteiger partial charge < -0.3 is 15.2 Å². The van der Waals surface area contributed by atoms with E-state index >= 15 is 0 Å². The molecule has 6 heteroatoms. The SMILES string of the molecule is CCOc1ccc(-c2cccc(C(=O)O)c2)cc1CNC(=O)c1ccc(Cl)cc1.